The summed E-state index contributed by atoms with van der Waals surface area (Å²) in [4.78, 5) is 13.0. The van der Waals surface area contributed by atoms with E-state index >= 15 is 0 Å². The molecule has 6 heteroatoms. The highest BCUT2D eigenvalue weighted by Crippen LogP contribution is 2.29. The normalized spacial score (nSPS) is 10.6. The number of amides is 1. The fourth-order valence-electron chi connectivity index (χ4n) is 3.82. The zero-order valence-corrected chi connectivity index (χ0v) is 22.4. The third-order valence-corrected chi connectivity index (χ3v) is 6.46. The maximum Gasteiger partial charge on any atom is 0.252 e. The van der Waals surface area contributed by atoms with Gasteiger partial charge in [-0.15, -0.1) is 0 Å². The van der Waals surface area contributed by atoms with Crippen LogP contribution in [0.2, 0.25) is 0 Å². The van der Waals surface area contributed by atoms with Gasteiger partial charge in [0, 0.05) is 23.7 Å². The third kappa shape index (κ3) is 7.94. The number of benzene rings is 4. The lowest BCUT2D eigenvalue weighted by atomic mass is 10.1. The zero-order valence-electron chi connectivity index (χ0n) is 20.8. The topological polar surface area (TPSA) is 56.8 Å². The number of carbonyl (C=O) groups is 1. The zero-order chi connectivity index (χ0) is 25.9. The number of rotatable bonds is 12. The molecule has 0 bridgehead atoms. The summed E-state index contributed by atoms with van der Waals surface area (Å²) in [7, 11) is 1.64. The predicted octanol–water partition coefficient (Wildman–Crippen LogP) is 6.73. The highest BCUT2D eigenvalue weighted by Gasteiger charge is 2.16. The minimum absolute atomic E-state index is 0.164. The summed E-state index contributed by atoms with van der Waals surface area (Å²) in [5.74, 6) is 1.29. The van der Waals surface area contributed by atoms with Crippen LogP contribution >= 0.6 is 15.9 Å². The molecule has 0 aliphatic carbocycles. The lowest BCUT2D eigenvalue weighted by Gasteiger charge is -2.15. The van der Waals surface area contributed by atoms with E-state index in [1.165, 1.54) is 0 Å². The van der Waals surface area contributed by atoms with Crippen LogP contribution in [0.5, 0.6) is 11.5 Å². The summed E-state index contributed by atoms with van der Waals surface area (Å²) in [6.07, 6.45) is 0.710. The summed E-state index contributed by atoms with van der Waals surface area (Å²) in [6.45, 7) is 1.84. The molecule has 37 heavy (non-hydrogen) atoms. The van der Waals surface area contributed by atoms with Crippen LogP contribution in [0.15, 0.2) is 102 Å². The van der Waals surface area contributed by atoms with Gasteiger partial charge in [0.1, 0.15) is 24.7 Å². The summed E-state index contributed by atoms with van der Waals surface area (Å²) < 4.78 is 17.9. The molecular weight excluding hydrogens is 530 g/mol. The summed E-state index contributed by atoms with van der Waals surface area (Å²) in [6, 6.07) is 31.6. The van der Waals surface area contributed by atoms with Gasteiger partial charge < -0.3 is 19.5 Å². The molecule has 0 heterocycles. The first kappa shape index (κ1) is 26.5. The summed E-state index contributed by atoms with van der Waals surface area (Å²) in [5.41, 5.74) is 4.69. The van der Waals surface area contributed by atoms with Crippen molar-refractivity contribution in [3.8, 4) is 11.5 Å². The molecule has 5 nitrogen and oxygen atoms in total. The van der Waals surface area contributed by atoms with Crippen LogP contribution in [0.1, 0.15) is 32.6 Å². The number of nitrogens with one attached hydrogen (secondary N) is 1. The fourth-order valence-corrected chi connectivity index (χ4v) is 4.39. The lowest BCUT2D eigenvalue weighted by Crippen LogP contribution is -2.26. The second-order valence-corrected chi connectivity index (χ2v) is 9.43. The standard InChI is InChI=1S/C31H30BrNO4/c1-35-22-26-18-29(32)28(19-30(26)37-21-25-10-6-3-7-11-25)31(34)33-17-16-23-12-14-27(15-13-23)36-20-24-8-4-2-5-9-24/h2-15,18-19H,16-17,20-22H2,1H3,(H,33,34). The molecule has 1 N–H and O–H groups in total. The van der Waals surface area contributed by atoms with E-state index in [0.29, 0.717) is 48.6 Å². The Morgan fingerprint density at radius 3 is 2.00 bits per heavy atom. The Hall–Kier alpha value is -3.61. The van der Waals surface area contributed by atoms with Crippen molar-refractivity contribution in [2.75, 3.05) is 13.7 Å². The Kier molecular flexibility index (Phi) is 9.74. The van der Waals surface area contributed by atoms with E-state index < -0.39 is 0 Å². The van der Waals surface area contributed by atoms with Crippen LogP contribution in [0.4, 0.5) is 0 Å². The van der Waals surface area contributed by atoms with E-state index in [-0.39, 0.29) is 5.91 Å². The fraction of sp³-hybridized carbons (Fsp3) is 0.194. The second-order valence-electron chi connectivity index (χ2n) is 8.57. The number of hydrogen-bond acceptors (Lipinski definition) is 4. The van der Waals surface area contributed by atoms with Crippen LogP contribution in [0.3, 0.4) is 0 Å². The van der Waals surface area contributed by atoms with Gasteiger partial charge in [0.05, 0.1) is 12.2 Å². The number of hydrogen-bond donors (Lipinski definition) is 1. The van der Waals surface area contributed by atoms with E-state index in [2.05, 4.69) is 21.2 Å². The van der Waals surface area contributed by atoms with Crippen molar-refractivity contribution in [2.45, 2.75) is 26.2 Å². The maximum atomic E-state index is 13.0. The highest BCUT2D eigenvalue weighted by molar-refractivity contribution is 9.10. The SMILES string of the molecule is COCc1cc(Br)c(C(=O)NCCc2ccc(OCc3ccccc3)cc2)cc1OCc1ccccc1. The minimum Gasteiger partial charge on any atom is -0.489 e. The smallest absolute Gasteiger partial charge is 0.252 e. The molecule has 0 aliphatic heterocycles. The van der Waals surface area contributed by atoms with Gasteiger partial charge in [-0.3, -0.25) is 4.79 Å². The van der Waals surface area contributed by atoms with Crippen molar-refractivity contribution in [3.05, 3.63) is 129 Å². The Labute approximate surface area is 226 Å². The van der Waals surface area contributed by atoms with E-state index in [0.717, 1.165) is 28.0 Å². The first-order chi connectivity index (χ1) is 18.1. The molecule has 4 aromatic carbocycles. The monoisotopic (exact) mass is 559 g/mol. The first-order valence-corrected chi connectivity index (χ1v) is 12.9. The Morgan fingerprint density at radius 2 is 1.38 bits per heavy atom. The van der Waals surface area contributed by atoms with Gasteiger partial charge in [0.25, 0.3) is 5.91 Å². The van der Waals surface area contributed by atoms with E-state index in [9.17, 15) is 4.79 Å². The van der Waals surface area contributed by atoms with Crippen molar-refractivity contribution in [1.29, 1.82) is 0 Å². The molecule has 0 fully saturated rings. The molecule has 0 spiro atoms. The molecule has 1 amide bonds. The number of ether oxygens (including phenoxy) is 3. The molecule has 0 saturated carbocycles. The molecule has 0 saturated heterocycles. The largest absolute Gasteiger partial charge is 0.489 e. The molecule has 0 unspecified atom stereocenters. The number of methoxy groups -OCH3 is 1. The van der Waals surface area contributed by atoms with E-state index in [1.807, 2.05) is 91.0 Å². The van der Waals surface area contributed by atoms with Gasteiger partial charge >= 0.3 is 0 Å². The Bertz CT molecular complexity index is 1280. The highest BCUT2D eigenvalue weighted by atomic mass is 79.9. The number of halogens is 1. The molecular formula is C31H30BrNO4. The van der Waals surface area contributed by atoms with Crippen LogP contribution in [0, 0.1) is 0 Å². The molecule has 190 valence electrons. The first-order valence-electron chi connectivity index (χ1n) is 12.1. The van der Waals surface area contributed by atoms with Crippen molar-refractivity contribution in [2.24, 2.45) is 0 Å². The molecule has 0 radical (unpaired) electrons. The summed E-state index contributed by atoms with van der Waals surface area (Å²) in [5, 5.41) is 3.02. The molecule has 0 aromatic heterocycles. The van der Waals surface area contributed by atoms with E-state index in [1.54, 1.807) is 13.2 Å². The molecule has 4 rings (SSSR count). The van der Waals surface area contributed by atoms with Gasteiger partial charge in [0.15, 0.2) is 0 Å². The third-order valence-electron chi connectivity index (χ3n) is 5.80. The lowest BCUT2D eigenvalue weighted by molar-refractivity contribution is 0.0952. The summed E-state index contributed by atoms with van der Waals surface area (Å²) >= 11 is 3.54. The van der Waals surface area contributed by atoms with Crippen LogP contribution in [0.25, 0.3) is 0 Å². The van der Waals surface area contributed by atoms with Crippen molar-refractivity contribution >= 4 is 21.8 Å². The van der Waals surface area contributed by atoms with Gasteiger partial charge in [-0.25, -0.2) is 0 Å². The average Bonchev–Trinajstić information content (AvgIpc) is 2.93. The van der Waals surface area contributed by atoms with Gasteiger partial charge in [-0.1, -0.05) is 72.8 Å². The van der Waals surface area contributed by atoms with Crippen molar-refractivity contribution < 1.29 is 19.0 Å². The van der Waals surface area contributed by atoms with Gasteiger partial charge in [-0.05, 0) is 63.3 Å². The quantitative estimate of drug-likeness (QED) is 0.209. The number of carbonyl (C=O) groups excluding carboxylic acids is 1. The molecule has 0 atom stereocenters. The van der Waals surface area contributed by atoms with Crippen LogP contribution < -0.4 is 14.8 Å². The van der Waals surface area contributed by atoms with Gasteiger partial charge in [0.2, 0.25) is 0 Å². The maximum absolute atomic E-state index is 13.0. The van der Waals surface area contributed by atoms with E-state index in [4.69, 9.17) is 14.2 Å². The second kappa shape index (κ2) is 13.6. The average molecular weight is 560 g/mol. The molecule has 0 aliphatic rings. The Balaban J connectivity index is 1.32. The van der Waals surface area contributed by atoms with Crippen LogP contribution in [-0.2, 0) is 31.0 Å². The predicted molar refractivity (Wildman–Crippen MR) is 149 cm³/mol. The van der Waals surface area contributed by atoms with Gasteiger partial charge in [-0.2, -0.15) is 0 Å². The van der Waals surface area contributed by atoms with Crippen molar-refractivity contribution in [3.63, 3.8) is 0 Å². The molecule has 4 aromatic rings. The van der Waals surface area contributed by atoms with Crippen molar-refractivity contribution in [1.82, 2.24) is 5.32 Å². The van der Waals surface area contributed by atoms with Crippen LogP contribution in [-0.4, -0.2) is 19.6 Å². The minimum atomic E-state index is -0.164. The Morgan fingerprint density at radius 1 is 0.757 bits per heavy atom.